The van der Waals surface area contributed by atoms with Gasteiger partial charge in [-0.2, -0.15) is 0 Å². The monoisotopic (exact) mass is 318 g/mol. The molecule has 0 aliphatic carbocycles. The van der Waals surface area contributed by atoms with Crippen LogP contribution in [0.25, 0.3) is 0 Å². The van der Waals surface area contributed by atoms with Crippen molar-refractivity contribution in [3.63, 3.8) is 0 Å². The van der Waals surface area contributed by atoms with Gasteiger partial charge in [0, 0.05) is 4.88 Å². The van der Waals surface area contributed by atoms with E-state index in [2.05, 4.69) is 31.1 Å². The lowest BCUT2D eigenvalue weighted by Crippen LogP contribution is -2.21. The molecule has 0 bridgehead atoms. The Labute approximate surface area is 135 Å². The minimum atomic E-state index is -0.197. The minimum absolute atomic E-state index is 0.0230. The van der Waals surface area contributed by atoms with Gasteiger partial charge in [-0.1, -0.05) is 39.0 Å². The Balaban J connectivity index is 2.00. The normalized spacial score (nSPS) is 11.3. The summed E-state index contributed by atoms with van der Waals surface area (Å²) in [5.41, 5.74) is 2.00. The molecule has 0 fully saturated rings. The first kappa shape index (κ1) is 16.5. The van der Waals surface area contributed by atoms with Gasteiger partial charge in [0.1, 0.15) is 5.75 Å². The largest absolute Gasteiger partial charge is 0.483 e. The number of anilines is 1. The van der Waals surface area contributed by atoms with Gasteiger partial charge in [0.25, 0.3) is 5.91 Å². The molecule has 0 saturated carbocycles. The second kappa shape index (κ2) is 6.48. The lowest BCUT2D eigenvalue weighted by atomic mass is 9.86. The topological polar surface area (TPSA) is 51.2 Å². The van der Waals surface area contributed by atoms with Crippen LogP contribution in [-0.4, -0.2) is 17.5 Å². The molecule has 0 unspecified atom stereocenters. The molecule has 4 nitrogen and oxygen atoms in total. The van der Waals surface area contributed by atoms with E-state index in [9.17, 15) is 4.79 Å². The Morgan fingerprint density at radius 2 is 1.95 bits per heavy atom. The molecule has 0 aliphatic heterocycles. The Morgan fingerprint density at radius 3 is 2.55 bits per heavy atom. The molecule has 2 rings (SSSR count). The van der Waals surface area contributed by atoms with Crippen LogP contribution in [0.5, 0.6) is 5.75 Å². The van der Waals surface area contributed by atoms with Crippen molar-refractivity contribution in [2.75, 3.05) is 11.9 Å². The quantitative estimate of drug-likeness (QED) is 0.924. The molecule has 0 atom stereocenters. The maximum atomic E-state index is 12.0. The number of amides is 1. The predicted molar refractivity (Wildman–Crippen MR) is 90.9 cm³/mol. The summed E-state index contributed by atoms with van der Waals surface area (Å²) >= 11 is 1.47. The first-order chi connectivity index (χ1) is 10.3. The van der Waals surface area contributed by atoms with Crippen LogP contribution in [0.4, 0.5) is 5.13 Å². The lowest BCUT2D eigenvalue weighted by molar-refractivity contribution is -0.118. The number of aromatic nitrogens is 1. The predicted octanol–water partition coefficient (Wildman–Crippen LogP) is 4.07. The number of para-hydroxylation sites is 1. The van der Waals surface area contributed by atoms with E-state index in [1.54, 1.807) is 0 Å². The Bertz CT molecular complexity index is 652. The molecular weight excluding hydrogens is 296 g/mol. The average Bonchev–Trinajstić information content (AvgIpc) is 2.74. The van der Waals surface area contributed by atoms with Gasteiger partial charge in [-0.15, -0.1) is 11.3 Å². The Morgan fingerprint density at radius 1 is 1.27 bits per heavy atom. The van der Waals surface area contributed by atoms with E-state index in [1.807, 2.05) is 38.1 Å². The molecule has 2 aromatic rings. The standard InChI is InChI=1S/C17H22N2O2S/c1-11-12(2)22-16(18-11)19-15(20)10-21-14-9-7-6-8-13(14)17(3,4)5/h6-9H,10H2,1-5H3,(H,18,19,20). The number of nitrogens with zero attached hydrogens (tertiary/aromatic N) is 1. The van der Waals surface area contributed by atoms with E-state index in [0.29, 0.717) is 5.13 Å². The highest BCUT2D eigenvalue weighted by Gasteiger charge is 2.19. The second-order valence-corrected chi connectivity index (χ2v) is 7.45. The van der Waals surface area contributed by atoms with Gasteiger partial charge in [-0.3, -0.25) is 10.1 Å². The fourth-order valence-electron chi connectivity index (χ4n) is 2.04. The van der Waals surface area contributed by atoms with Crippen LogP contribution in [-0.2, 0) is 10.2 Å². The third-order valence-corrected chi connectivity index (χ3v) is 4.32. The number of thiazole rings is 1. The zero-order valence-corrected chi connectivity index (χ0v) is 14.5. The lowest BCUT2D eigenvalue weighted by Gasteiger charge is -2.22. The van der Waals surface area contributed by atoms with Crippen molar-refractivity contribution in [1.29, 1.82) is 0 Å². The van der Waals surface area contributed by atoms with E-state index >= 15 is 0 Å². The summed E-state index contributed by atoms with van der Waals surface area (Å²) in [4.78, 5) is 17.4. The van der Waals surface area contributed by atoms with E-state index in [-0.39, 0.29) is 17.9 Å². The molecular formula is C17H22N2O2S. The Hall–Kier alpha value is -1.88. The molecule has 5 heteroatoms. The van der Waals surface area contributed by atoms with Crippen molar-refractivity contribution >= 4 is 22.4 Å². The molecule has 1 heterocycles. The van der Waals surface area contributed by atoms with Gasteiger partial charge in [-0.25, -0.2) is 4.98 Å². The second-order valence-electron chi connectivity index (χ2n) is 6.24. The number of aryl methyl sites for hydroxylation is 2. The third kappa shape index (κ3) is 4.07. The molecule has 0 radical (unpaired) electrons. The Kier molecular flexibility index (Phi) is 4.86. The van der Waals surface area contributed by atoms with Gasteiger partial charge < -0.3 is 4.74 Å². The molecule has 22 heavy (non-hydrogen) atoms. The summed E-state index contributed by atoms with van der Waals surface area (Å²) in [5.74, 6) is 0.550. The number of ether oxygens (including phenoxy) is 1. The highest BCUT2D eigenvalue weighted by molar-refractivity contribution is 7.15. The van der Waals surface area contributed by atoms with E-state index in [1.165, 1.54) is 11.3 Å². The summed E-state index contributed by atoms with van der Waals surface area (Å²) in [6.07, 6.45) is 0. The minimum Gasteiger partial charge on any atom is -0.483 e. The van der Waals surface area contributed by atoms with Crippen molar-refractivity contribution in [3.8, 4) is 5.75 Å². The number of hydrogen-bond acceptors (Lipinski definition) is 4. The summed E-state index contributed by atoms with van der Waals surface area (Å²) in [6, 6.07) is 7.82. The smallest absolute Gasteiger partial charge is 0.264 e. The summed E-state index contributed by atoms with van der Waals surface area (Å²) in [7, 11) is 0. The van der Waals surface area contributed by atoms with E-state index in [4.69, 9.17) is 4.74 Å². The number of rotatable bonds is 4. The van der Waals surface area contributed by atoms with Crippen LogP contribution >= 0.6 is 11.3 Å². The highest BCUT2D eigenvalue weighted by Crippen LogP contribution is 2.30. The fraction of sp³-hybridized carbons (Fsp3) is 0.412. The number of benzene rings is 1. The highest BCUT2D eigenvalue weighted by atomic mass is 32.1. The van der Waals surface area contributed by atoms with Crippen molar-refractivity contribution in [2.24, 2.45) is 0 Å². The maximum absolute atomic E-state index is 12.0. The van der Waals surface area contributed by atoms with Crippen molar-refractivity contribution in [1.82, 2.24) is 4.98 Å². The number of nitrogens with one attached hydrogen (secondary N) is 1. The zero-order valence-electron chi connectivity index (χ0n) is 13.7. The van der Waals surface area contributed by atoms with Crippen LogP contribution in [0, 0.1) is 13.8 Å². The molecule has 118 valence electrons. The van der Waals surface area contributed by atoms with E-state index < -0.39 is 0 Å². The number of carbonyl (C=O) groups excluding carboxylic acids is 1. The molecule has 1 aromatic heterocycles. The molecule has 1 aromatic carbocycles. The van der Waals surface area contributed by atoms with Crippen LogP contribution < -0.4 is 10.1 Å². The molecule has 0 aliphatic rings. The maximum Gasteiger partial charge on any atom is 0.264 e. The van der Waals surface area contributed by atoms with Crippen molar-refractivity contribution < 1.29 is 9.53 Å². The van der Waals surface area contributed by atoms with Gasteiger partial charge in [0.2, 0.25) is 0 Å². The van der Waals surface area contributed by atoms with Crippen LogP contribution in [0.2, 0.25) is 0 Å². The third-order valence-electron chi connectivity index (χ3n) is 3.33. The van der Waals surface area contributed by atoms with Crippen LogP contribution in [0.15, 0.2) is 24.3 Å². The van der Waals surface area contributed by atoms with Crippen LogP contribution in [0.1, 0.15) is 36.9 Å². The van der Waals surface area contributed by atoms with Gasteiger partial charge in [0.05, 0.1) is 5.69 Å². The van der Waals surface area contributed by atoms with Crippen molar-refractivity contribution in [3.05, 3.63) is 40.4 Å². The van der Waals surface area contributed by atoms with Crippen molar-refractivity contribution in [2.45, 2.75) is 40.0 Å². The van der Waals surface area contributed by atoms with Gasteiger partial charge in [0.15, 0.2) is 11.7 Å². The summed E-state index contributed by atoms with van der Waals surface area (Å²) < 4.78 is 5.70. The van der Waals surface area contributed by atoms with Gasteiger partial charge in [-0.05, 0) is 30.9 Å². The summed E-state index contributed by atoms with van der Waals surface area (Å²) in [6.45, 7) is 10.3. The zero-order chi connectivity index (χ0) is 16.3. The van der Waals surface area contributed by atoms with Crippen LogP contribution in [0.3, 0.4) is 0 Å². The molecule has 0 spiro atoms. The molecule has 0 saturated heterocycles. The average molecular weight is 318 g/mol. The fourth-order valence-corrected chi connectivity index (χ4v) is 2.87. The first-order valence-corrected chi connectivity index (χ1v) is 8.05. The SMILES string of the molecule is Cc1nc(NC(=O)COc2ccccc2C(C)(C)C)sc1C. The number of hydrogen-bond donors (Lipinski definition) is 1. The number of carbonyl (C=O) groups is 1. The molecule has 1 amide bonds. The van der Waals surface area contributed by atoms with Gasteiger partial charge >= 0.3 is 0 Å². The van der Waals surface area contributed by atoms with E-state index in [0.717, 1.165) is 21.9 Å². The molecule has 1 N–H and O–H groups in total. The summed E-state index contributed by atoms with van der Waals surface area (Å²) in [5, 5.41) is 3.39. The first-order valence-electron chi connectivity index (χ1n) is 7.23.